The van der Waals surface area contributed by atoms with Gasteiger partial charge in [0.1, 0.15) is 5.75 Å². The Labute approximate surface area is 119 Å². The summed E-state index contributed by atoms with van der Waals surface area (Å²) in [6, 6.07) is 3.78. The van der Waals surface area contributed by atoms with Gasteiger partial charge in [-0.25, -0.2) is 4.79 Å². The van der Waals surface area contributed by atoms with E-state index in [4.69, 9.17) is 14.6 Å². The van der Waals surface area contributed by atoms with Gasteiger partial charge in [0.2, 0.25) is 0 Å². The van der Waals surface area contributed by atoms with Gasteiger partial charge in [-0.2, -0.15) is 0 Å². The van der Waals surface area contributed by atoms with Gasteiger partial charge in [-0.05, 0) is 18.9 Å². The van der Waals surface area contributed by atoms with Crippen molar-refractivity contribution < 1.29 is 29.0 Å². The number of hydrogen-bond acceptors (Lipinski definition) is 6. The van der Waals surface area contributed by atoms with Crippen LogP contribution < -0.4 is 4.74 Å². The van der Waals surface area contributed by atoms with E-state index in [0.717, 1.165) is 6.42 Å². The molecule has 0 aliphatic carbocycles. The van der Waals surface area contributed by atoms with Crippen LogP contribution in [0.1, 0.15) is 24.5 Å². The zero-order valence-corrected chi connectivity index (χ0v) is 10.9. The van der Waals surface area contributed by atoms with Crippen molar-refractivity contribution in [2.45, 2.75) is 25.2 Å². The number of non-ortho nitro benzene ring substituents is 1. The fraction of sp³-hybridized carbons (Fsp3) is 0.462. The molecule has 3 atom stereocenters. The second-order valence-corrected chi connectivity index (χ2v) is 5.00. The van der Waals surface area contributed by atoms with Gasteiger partial charge in [0.25, 0.3) is 5.69 Å². The Morgan fingerprint density at radius 3 is 2.95 bits per heavy atom. The summed E-state index contributed by atoms with van der Waals surface area (Å²) in [5, 5.41) is 19.6. The summed E-state index contributed by atoms with van der Waals surface area (Å²) in [5.74, 6) is 0.282. The molecule has 0 radical (unpaired) electrons. The SMILES string of the molecule is O=C(O)Oc1ccc([N+](=O)[O-])cc1C1CC2CCOC2O1. The van der Waals surface area contributed by atoms with E-state index in [1.807, 2.05) is 0 Å². The molecule has 2 aliphatic heterocycles. The number of ether oxygens (including phenoxy) is 3. The summed E-state index contributed by atoms with van der Waals surface area (Å²) in [6.45, 7) is 0.634. The van der Waals surface area contributed by atoms with Gasteiger partial charge in [0.15, 0.2) is 6.29 Å². The van der Waals surface area contributed by atoms with Crippen molar-refractivity contribution in [1.82, 2.24) is 0 Å². The second-order valence-electron chi connectivity index (χ2n) is 5.00. The Morgan fingerprint density at radius 2 is 2.29 bits per heavy atom. The van der Waals surface area contributed by atoms with Crippen LogP contribution in [0.3, 0.4) is 0 Å². The van der Waals surface area contributed by atoms with Crippen molar-refractivity contribution in [3.05, 3.63) is 33.9 Å². The molecule has 2 saturated heterocycles. The molecule has 21 heavy (non-hydrogen) atoms. The lowest BCUT2D eigenvalue weighted by Crippen LogP contribution is -2.11. The zero-order chi connectivity index (χ0) is 15.0. The van der Waals surface area contributed by atoms with Crippen molar-refractivity contribution in [3.8, 4) is 5.75 Å². The van der Waals surface area contributed by atoms with Crippen LogP contribution in [0.25, 0.3) is 0 Å². The van der Waals surface area contributed by atoms with Gasteiger partial charge in [0.05, 0.1) is 17.6 Å². The minimum Gasteiger partial charge on any atom is -0.449 e. The largest absolute Gasteiger partial charge is 0.511 e. The summed E-state index contributed by atoms with van der Waals surface area (Å²) < 4.78 is 15.8. The maximum absolute atomic E-state index is 10.9. The van der Waals surface area contributed by atoms with Crippen LogP contribution in [0, 0.1) is 16.0 Å². The number of nitro groups is 1. The van der Waals surface area contributed by atoms with Crippen molar-refractivity contribution in [2.75, 3.05) is 6.61 Å². The number of nitrogens with zero attached hydrogens (tertiary/aromatic N) is 1. The Balaban J connectivity index is 1.92. The molecule has 0 saturated carbocycles. The number of nitro benzene ring substituents is 1. The van der Waals surface area contributed by atoms with E-state index in [-0.39, 0.29) is 23.6 Å². The monoisotopic (exact) mass is 295 g/mol. The highest BCUT2D eigenvalue weighted by molar-refractivity contribution is 5.63. The van der Waals surface area contributed by atoms with Crippen molar-refractivity contribution in [2.24, 2.45) is 5.92 Å². The summed E-state index contributed by atoms with van der Waals surface area (Å²) in [5.41, 5.74) is 0.230. The molecule has 1 aromatic rings. The van der Waals surface area contributed by atoms with Crippen molar-refractivity contribution in [3.63, 3.8) is 0 Å². The third kappa shape index (κ3) is 2.67. The number of hydrogen-bond donors (Lipinski definition) is 1. The number of fused-ring (bicyclic) bond motifs is 1. The number of rotatable bonds is 3. The van der Waals surface area contributed by atoms with Gasteiger partial charge in [-0.1, -0.05) is 0 Å². The van der Waals surface area contributed by atoms with E-state index >= 15 is 0 Å². The van der Waals surface area contributed by atoms with E-state index < -0.39 is 17.2 Å². The molecule has 0 amide bonds. The van der Waals surface area contributed by atoms with Crippen molar-refractivity contribution in [1.29, 1.82) is 0 Å². The Bertz CT molecular complexity index is 576. The van der Waals surface area contributed by atoms with Crippen molar-refractivity contribution >= 4 is 11.8 Å². The third-order valence-electron chi connectivity index (χ3n) is 3.72. The highest BCUT2D eigenvalue weighted by atomic mass is 16.7. The smallest absolute Gasteiger partial charge is 0.449 e. The van der Waals surface area contributed by atoms with Gasteiger partial charge in [0, 0.05) is 23.6 Å². The van der Waals surface area contributed by atoms with E-state index in [1.54, 1.807) is 0 Å². The Morgan fingerprint density at radius 1 is 1.48 bits per heavy atom. The molecule has 8 heteroatoms. The van der Waals surface area contributed by atoms with Gasteiger partial charge in [-0.15, -0.1) is 0 Å². The van der Waals surface area contributed by atoms with Crippen LogP contribution >= 0.6 is 0 Å². The van der Waals surface area contributed by atoms with Crippen LogP contribution in [0.15, 0.2) is 18.2 Å². The molecule has 3 unspecified atom stereocenters. The lowest BCUT2D eigenvalue weighted by Gasteiger charge is -2.15. The minimum atomic E-state index is -1.47. The van der Waals surface area contributed by atoms with Gasteiger partial charge in [-0.3, -0.25) is 10.1 Å². The summed E-state index contributed by atoms with van der Waals surface area (Å²) in [7, 11) is 0. The number of carboxylic acid groups (broad SMARTS) is 1. The Hall–Kier alpha value is -2.19. The fourth-order valence-corrected chi connectivity index (χ4v) is 2.77. The van der Waals surface area contributed by atoms with Crippen LogP contribution in [0.5, 0.6) is 5.75 Å². The third-order valence-corrected chi connectivity index (χ3v) is 3.72. The topological polar surface area (TPSA) is 108 Å². The zero-order valence-electron chi connectivity index (χ0n) is 10.9. The first kappa shape index (κ1) is 13.8. The summed E-state index contributed by atoms with van der Waals surface area (Å²) >= 11 is 0. The maximum Gasteiger partial charge on any atom is 0.511 e. The van der Waals surface area contributed by atoms with E-state index in [2.05, 4.69) is 4.74 Å². The lowest BCUT2D eigenvalue weighted by molar-refractivity contribution is -0.385. The van der Waals surface area contributed by atoms with E-state index in [9.17, 15) is 14.9 Å². The summed E-state index contributed by atoms with van der Waals surface area (Å²) in [6.07, 6.45) is -0.770. The molecule has 1 aromatic carbocycles. The molecule has 112 valence electrons. The molecule has 0 spiro atoms. The summed E-state index contributed by atoms with van der Waals surface area (Å²) in [4.78, 5) is 21.1. The molecule has 2 heterocycles. The highest BCUT2D eigenvalue weighted by Crippen LogP contribution is 2.45. The average molecular weight is 295 g/mol. The lowest BCUT2D eigenvalue weighted by atomic mass is 9.97. The quantitative estimate of drug-likeness (QED) is 0.395. The molecule has 1 N–H and O–H groups in total. The normalized spacial score (nSPS) is 27.3. The highest BCUT2D eigenvalue weighted by Gasteiger charge is 2.41. The molecular formula is C13H13NO7. The predicted molar refractivity (Wildman–Crippen MR) is 68.0 cm³/mol. The molecule has 0 bridgehead atoms. The first-order valence-corrected chi connectivity index (χ1v) is 6.51. The second kappa shape index (κ2) is 5.30. The number of carbonyl (C=O) groups is 1. The van der Waals surface area contributed by atoms with Gasteiger partial charge < -0.3 is 19.3 Å². The standard InChI is InChI=1S/C13H13NO7/c15-13(16)21-10-2-1-8(14(17)18)6-9(10)11-5-7-3-4-19-12(7)20-11/h1-2,6-7,11-12H,3-5H2,(H,15,16). The molecule has 2 aliphatic rings. The predicted octanol–water partition coefficient (Wildman–Crippen LogP) is 2.48. The fourth-order valence-electron chi connectivity index (χ4n) is 2.77. The molecule has 8 nitrogen and oxygen atoms in total. The minimum absolute atomic E-state index is 0.0538. The molecular weight excluding hydrogens is 282 g/mol. The molecule has 0 aromatic heterocycles. The Kier molecular flexibility index (Phi) is 3.48. The maximum atomic E-state index is 10.9. The molecule has 2 fully saturated rings. The first-order chi connectivity index (χ1) is 10.0. The van der Waals surface area contributed by atoms with Crippen LogP contribution in [0.2, 0.25) is 0 Å². The molecule has 3 rings (SSSR count). The average Bonchev–Trinajstić information content (AvgIpc) is 2.98. The van der Waals surface area contributed by atoms with Crippen LogP contribution in [-0.2, 0) is 9.47 Å². The van der Waals surface area contributed by atoms with Crippen LogP contribution in [0.4, 0.5) is 10.5 Å². The number of benzene rings is 1. The van der Waals surface area contributed by atoms with E-state index in [0.29, 0.717) is 18.6 Å². The first-order valence-electron chi connectivity index (χ1n) is 6.51. The van der Waals surface area contributed by atoms with E-state index in [1.165, 1.54) is 18.2 Å². The van der Waals surface area contributed by atoms with Gasteiger partial charge >= 0.3 is 6.16 Å². The van der Waals surface area contributed by atoms with Crippen LogP contribution in [-0.4, -0.2) is 29.1 Å².